The Morgan fingerprint density at radius 1 is 1.12 bits per heavy atom. The zero-order valence-corrected chi connectivity index (χ0v) is 10.4. The fourth-order valence-electron chi connectivity index (χ4n) is 2.52. The molecule has 0 aromatic heterocycles. The van der Waals surface area contributed by atoms with Gasteiger partial charge in [-0.1, -0.05) is 36.8 Å². The van der Waals surface area contributed by atoms with E-state index < -0.39 is 0 Å². The predicted octanol–water partition coefficient (Wildman–Crippen LogP) is 2.04. The van der Waals surface area contributed by atoms with Crippen molar-refractivity contribution in [3.8, 4) is 0 Å². The third-order valence-electron chi connectivity index (χ3n) is 3.55. The molecule has 2 nitrogen and oxygen atoms in total. The average Bonchev–Trinajstić information content (AvgIpc) is 2.33. The molecule has 17 heavy (non-hydrogen) atoms. The van der Waals surface area contributed by atoms with Crippen LogP contribution in [-0.4, -0.2) is 11.8 Å². The van der Waals surface area contributed by atoms with E-state index in [0.717, 1.165) is 25.8 Å². The predicted molar refractivity (Wildman–Crippen MR) is 68.6 cm³/mol. The SMILES string of the molecule is O=C1CCCCCC([NH2+]Cc2ccccc2)C1. The monoisotopic (exact) mass is 232 g/mol. The largest absolute Gasteiger partial charge is 0.340 e. The van der Waals surface area contributed by atoms with Crippen LogP contribution < -0.4 is 5.32 Å². The molecule has 1 aromatic carbocycles. The van der Waals surface area contributed by atoms with E-state index in [2.05, 4.69) is 29.6 Å². The highest BCUT2D eigenvalue weighted by Gasteiger charge is 2.18. The van der Waals surface area contributed by atoms with Crippen LogP contribution in [0.5, 0.6) is 0 Å². The molecule has 1 atom stereocenters. The average molecular weight is 232 g/mol. The number of nitrogens with two attached hydrogens (primary N) is 1. The van der Waals surface area contributed by atoms with Crippen LogP contribution >= 0.6 is 0 Å². The van der Waals surface area contributed by atoms with Gasteiger partial charge in [0.2, 0.25) is 0 Å². The number of hydrogen-bond acceptors (Lipinski definition) is 1. The van der Waals surface area contributed by atoms with Crippen LogP contribution in [0.15, 0.2) is 30.3 Å². The summed E-state index contributed by atoms with van der Waals surface area (Å²) in [6, 6.07) is 11.0. The summed E-state index contributed by atoms with van der Waals surface area (Å²) < 4.78 is 0. The molecule has 0 aliphatic heterocycles. The number of quaternary nitrogens is 1. The lowest BCUT2D eigenvalue weighted by molar-refractivity contribution is -0.704. The number of carbonyl (C=O) groups excluding carboxylic acids is 1. The molecule has 0 amide bonds. The Labute approximate surface area is 103 Å². The van der Waals surface area contributed by atoms with Crippen LogP contribution in [0, 0.1) is 0 Å². The van der Waals surface area contributed by atoms with Crippen molar-refractivity contribution in [1.82, 2.24) is 0 Å². The molecule has 2 heteroatoms. The van der Waals surface area contributed by atoms with Gasteiger partial charge in [0, 0.05) is 12.0 Å². The van der Waals surface area contributed by atoms with Gasteiger partial charge in [0.15, 0.2) is 0 Å². The van der Waals surface area contributed by atoms with Gasteiger partial charge in [0.05, 0.1) is 12.5 Å². The molecule has 1 aliphatic rings. The second-order valence-electron chi connectivity index (χ2n) is 5.03. The van der Waals surface area contributed by atoms with Crippen molar-refractivity contribution in [2.75, 3.05) is 0 Å². The second-order valence-corrected chi connectivity index (χ2v) is 5.03. The van der Waals surface area contributed by atoms with Gasteiger partial charge in [-0.05, 0) is 19.3 Å². The minimum atomic E-state index is 0.457. The smallest absolute Gasteiger partial charge is 0.138 e. The summed E-state index contributed by atoms with van der Waals surface area (Å²) >= 11 is 0. The highest BCUT2D eigenvalue weighted by Crippen LogP contribution is 2.12. The summed E-state index contributed by atoms with van der Waals surface area (Å²) in [6.07, 6.45) is 6.37. The minimum Gasteiger partial charge on any atom is -0.340 e. The van der Waals surface area contributed by atoms with Gasteiger partial charge < -0.3 is 5.32 Å². The quantitative estimate of drug-likeness (QED) is 0.850. The number of carbonyl (C=O) groups is 1. The molecule has 0 bridgehead atoms. The van der Waals surface area contributed by atoms with E-state index in [4.69, 9.17) is 0 Å². The standard InChI is InChI=1S/C15H21NO/c17-15-10-6-2-5-9-14(11-15)16-12-13-7-3-1-4-8-13/h1,3-4,7-8,14,16H,2,5-6,9-12H2/p+1. The van der Waals surface area contributed by atoms with Crippen molar-refractivity contribution in [3.05, 3.63) is 35.9 Å². The molecule has 0 saturated heterocycles. The summed E-state index contributed by atoms with van der Waals surface area (Å²) in [6.45, 7) is 0.999. The zero-order valence-electron chi connectivity index (χ0n) is 10.4. The molecule has 2 rings (SSSR count). The summed E-state index contributed by atoms with van der Waals surface area (Å²) in [4.78, 5) is 11.6. The van der Waals surface area contributed by atoms with Crippen LogP contribution in [0.2, 0.25) is 0 Å². The summed E-state index contributed by atoms with van der Waals surface area (Å²) in [7, 11) is 0. The molecular weight excluding hydrogens is 210 g/mol. The Balaban J connectivity index is 1.82. The molecule has 2 N–H and O–H groups in total. The lowest BCUT2D eigenvalue weighted by Crippen LogP contribution is -2.88. The van der Waals surface area contributed by atoms with Crippen LogP contribution in [0.1, 0.15) is 44.1 Å². The van der Waals surface area contributed by atoms with Gasteiger partial charge in [-0.2, -0.15) is 0 Å². The maximum absolute atomic E-state index is 11.6. The van der Waals surface area contributed by atoms with Crippen LogP contribution in [0.25, 0.3) is 0 Å². The molecule has 92 valence electrons. The molecule has 1 unspecified atom stereocenters. The maximum atomic E-state index is 11.6. The maximum Gasteiger partial charge on any atom is 0.138 e. The number of ketones is 1. The molecule has 0 spiro atoms. The number of Topliss-reactive ketones (excluding diaryl/α,β-unsaturated/α-hetero) is 1. The molecule has 1 fully saturated rings. The van der Waals surface area contributed by atoms with Crippen molar-refractivity contribution in [3.63, 3.8) is 0 Å². The van der Waals surface area contributed by atoms with Gasteiger partial charge in [0.1, 0.15) is 12.3 Å². The lowest BCUT2D eigenvalue weighted by Gasteiger charge is -2.17. The molecule has 1 aromatic rings. The first-order valence-electron chi connectivity index (χ1n) is 6.73. The van der Waals surface area contributed by atoms with Crippen molar-refractivity contribution in [2.45, 2.75) is 51.1 Å². The first kappa shape index (κ1) is 12.3. The van der Waals surface area contributed by atoms with E-state index in [1.165, 1.54) is 24.8 Å². The van der Waals surface area contributed by atoms with Crippen LogP contribution in [0.3, 0.4) is 0 Å². The van der Waals surface area contributed by atoms with Gasteiger partial charge in [0.25, 0.3) is 0 Å². The molecule has 1 saturated carbocycles. The van der Waals surface area contributed by atoms with Crippen molar-refractivity contribution < 1.29 is 10.1 Å². The van der Waals surface area contributed by atoms with E-state index in [1.807, 2.05) is 6.07 Å². The van der Waals surface area contributed by atoms with E-state index in [1.54, 1.807) is 0 Å². The van der Waals surface area contributed by atoms with E-state index in [-0.39, 0.29) is 0 Å². The highest BCUT2D eigenvalue weighted by atomic mass is 16.1. The van der Waals surface area contributed by atoms with E-state index >= 15 is 0 Å². The van der Waals surface area contributed by atoms with Crippen LogP contribution in [-0.2, 0) is 11.3 Å². The Bertz CT molecular complexity index is 347. The summed E-state index contributed by atoms with van der Waals surface area (Å²) in [5.74, 6) is 0.457. The molecule has 1 aliphatic carbocycles. The molecule has 0 radical (unpaired) electrons. The zero-order chi connectivity index (χ0) is 11.9. The van der Waals surface area contributed by atoms with Gasteiger partial charge >= 0.3 is 0 Å². The van der Waals surface area contributed by atoms with Gasteiger partial charge in [-0.3, -0.25) is 4.79 Å². The third kappa shape index (κ3) is 4.31. The highest BCUT2D eigenvalue weighted by molar-refractivity contribution is 5.78. The van der Waals surface area contributed by atoms with E-state index in [9.17, 15) is 4.79 Å². The summed E-state index contributed by atoms with van der Waals surface area (Å²) in [5, 5.41) is 2.35. The lowest BCUT2D eigenvalue weighted by atomic mass is 9.95. The van der Waals surface area contributed by atoms with Crippen molar-refractivity contribution in [1.29, 1.82) is 0 Å². The number of rotatable bonds is 3. The summed E-state index contributed by atoms with van der Waals surface area (Å²) in [5.41, 5.74) is 1.35. The molecular formula is C15H22NO+. The molecule has 0 heterocycles. The topological polar surface area (TPSA) is 33.7 Å². The van der Waals surface area contributed by atoms with Crippen LogP contribution in [0.4, 0.5) is 0 Å². The number of benzene rings is 1. The Morgan fingerprint density at radius 2 is 1.94 bits per heavy atom. The Morgan fingerprint density at radius 3 is 2.76 bits per heavy atom. The Hall–Kier alpha value is -1.15. The fourth-order valence-corrected chi connectivity index (χ4v) is 2.52. The van der Waals surface area contributed by atoms with Crippen molar-refractivity contribution >= 4 is 5.78 Å². The second kappa shape index (κ2) is 6.55. The van der Waals surface area contributed by atoms with Gasteiger partial charge in [-0.15, -0.1) is 0 Å². The normalized spacial score (nSPS) is 21.9. The minimum absolute atomic E-state index is 0.457. The van der Waals surface area contributed by atoms with Crippen molar-refractivity contribution in [2.24, 2.45) is 0 Å². The third-order valence-corrected chi connectivity index (χ3v) is 3.55. The van der Waals surface area contributed by atoms with E-state index in [0.29, 0.717) is 11.8 Å². The fraction of sp³-hybridized carbons (Fsp3) is 0.533. The van der Waals surface area contributed by atoms with Gasteiger partial charge in [-0.25, -0.2) is 0 Å². The Kier molecular flexibility index (Phi) is 4.75. The first-order valence-corrected chi connectivity index (χ1v) is 6.73. The number of hydrogen-bond donors (Lipinski definition) is 1. The first-order chi connectivity index (χ1) is 8.34.